The molecule has 1 aliphatic heterocycles. The highest BCUT2D eigenvalue weighted by molar-refractivity contribution is 7.90. The molecule has 0 saturated carbocycles. The summed E-state index contributed by atoms with van der Waals surface area (Å²) in [6.07, 6.45) is 4.42. The van der Waals surface area contributed by atoms with Crippen molar-refractivity contribution in [1.29, 1.82) is 0 Å². The monoisotopic (exact) mass is 380 g/mol. The van der Waals surface area contributed by atoms with Crippen molar-refractivity contribution in [1.82, 2.24) is 10.2 Å². The highest BCUT2D eigenvalue weighted by Crippen LogP contribution is 2.19. The number of nitrogens with zero attached hydrogens (tertiary/aromatic N) is 2. The number of carbonyl (C=O) groups excluding carboxylic acids is 1. The van der Waals surface area contributed by atoms with Gasteiger partial charge in [-0.3, -0.25) is 9.79 Å². The minimum absolute atomic E-state index is 0.252. The highest BCUT2D eigenvalue weighted by atomic mass is 32.2. The molecule has 0 aromatic heterocycles. The Morgan fingerprint density at radius 2 is 2.04 bits per heavy atom. The van der Waals surface area contributed by atoms with Gasteiger partial charge in [0.25, 0.3) is 0 Å². The summed E-state index contributed by atoms with van der Waals surface area (Å²) in [5.74, 6) is 0.854. The highest BCUT2D eigenvalue weighted by Gasteiger charge is 2.23. The van der Waals surface area contributed by atoms with E-state index < -0.39 is 9.84 Å². The van der Waals surface area contributed by atoms with Crippen LogP contribution in [0.2, 0.25) is 0 Å². The maximum Gasteiger partial charge on any atom is 0.217 e. The van der Waals surface area contributed by atoms with Crippen molar-refractivity contribution >= 4 is 21.7 Å². The van der Waals surface area contributed by atoms with Gasteiger partial charge in [0.05, 0.1) is 4.90 Å². The quantitative estimate of drug-likeness (QED) is 0.561. The lowest BCUT2D eigenvalue weighted by Crippen LogP contribution is -2.47. The first-order valence-electron chi connectivity index (χ1n) is 8.82. The van der Waals surface area contributed by atoms with Crippen molar-refractivity contribution in [2.75, 3.05) is 32.9 Å². The Labute approximate surface area is 155 Å². The summed E-state index contributed by atoms with van der Waals surface area (Å²) in [6, 6.07) is 6.95. The fourth-order valence-corrected chi connectivity index (χ4v) is 3.89. The van der Waals surface area contributed by atoms with Crippen LogP contribution in [0.1, 0.15) is 24.8 Å². The lowest BCUT2D eigenvalue weighted by Gasteiger charge is -2.34. The van der Waals surface area contributed by atoms with E-state index in [-0.39, 0.29) is 11.8 Å². The lowest BCUT2D eigenvalue weighted by atomic mass is 9.95. The topological polar surface area (TPSA) is 105 Å². The molecule has 144 valence electrons. The van der Waals surface area contributed by atoms with E-state index in [9.17, 15) is 13.2 Å². The molecule has 1 heterocycles. The number of primary amides is 1. The van der Waals surface area contributed by atoms with Crippen molar-refractivity contribution in [3.05, 3.63) is 29.8 Å². The summed E-state index contributed by atoms with van der Waals surface area (Å²) in [4.78, 5) is 18.0. The number of aliphatic imine (C=N–C) groups is 1. The molecular weight excluding hydrogens is 352 g/mol. The molecule has 0 bridgehead atoms. The van der Waals surface area contributed by atoms with Gasteiger partial charge in [-0.2, -0.15) is 0 Å². The Kier molecular flexibility index (Phi) is 7.02. The second-order valence-corrected chi connectivity index (χ2v) is 8.78. The van der Waals surface area contributed by atoms with Gasteiger partial charge in [-0.1, -0.05) is 12.1 Å². The minimum Gasteiger partial charge on any atom is -0.370 e. The molecule has 7 nitrogen and oxygen atoms in total. The molecule has 0 aliphatic carbocycles. The first-order valence-corrected chi connectivity index (χ1v) is 10.7. The number of likely N-dealkylation sites (tertiary alicyclic amines) is 1. The zero-order valence-corrected chi connectivity index (χ0v) is 16.3. The van der Waals surface area contributed by atoms with Crippen molar-refractivity contribution in [2.24, 2.45) is 16.6 Å². The van der Waals surface area contributed by atoms with Crippen LogP contribution in [0, 0.1) is 5.92 Å². The normalized spacial score (nSPS) is 18.6. The van der Waals surface area contributed by atoms with E-state index in [2.05, 4.69) is 15.2 Å². The molecule has 1 saturated heterocycles. The minimum atomic E-state index is -3.16. The molecule has 0 radical (unpaired) electrons. The van der Waals surface area contributed by atoms with E-state index in [0.29, 0.717) is 17.9 Å². The first-order chi connectivity index (χ1) is 12.3. The first kappa shape index (κ1) is 20.2. The second-order valence-electron chi connectivity index (χ2n) is 6.76. The largest absolute Gasteiger partial charge is 0.370 e. The summed E-state index contributed by atoms with van der Waals surface area (Å²) in [6.45, 7) is 2.39. The molecule has 1 aliphatic rings. The fraction of sp³-hybridized carbons (Fsp3) is 0.556. The van der Waals surface area contributed by atoms with Crippen LogP contribution in [0.4, 0.5) is 0 Å². The van der Waals surface area contributed by atoms with E-state index >= 15 is 0 Å². The van der Waals surface area contributed by atoms with Gasteiger partial charge >= 0.3 is 0 Å². The number of rotatable bonds is 6. The predicted octanol–water partition coefficient (Wildman–Crippen LogP) is 0.795. The molecule has 2 rings (SSSR count). The number of hydrogen-bond donors (Lipinski definition) is 2. The van der Waals surface area contributed by atoms with Gasteiger partial charge in [-0.15, -0.1) is 0 Å². The van der Waals surface area contributed by atoms with Crippen molar-refractivity contribution < 1.29 is 13.2 Å². The average molecular weight is 381 g/mol. The van der Waals surface area contributed by atoms with Crippen LogP contribution in [-0.2, 0) is 21.1 Å². The van der Waals surface area contributed by atoms with Crippen LogP contribution >= 0.6 is 0 Å². The van der Waals surface area contributed by atoms with Gasteiger partial charge < -0.3 is 16.0 Å². The predicted molar refractivity (Wildman–Crippen MR) is 103 cm³/mol. The van der Waals surface area contributed by atoms with E-state index in [1.807, 2.05) is 12.1 Å². The number of sulfone groups is 1. The Morgan fingerprint density at radius 1 is 1.35 bits per heavy atom. The molecule has 0 spiro atoms. The van der Waals surface area contributed by atoms with Gasteiger partial charge in [0.2, 0.25) is 5.91 Å². The Morgan fingerprint density at radius 3 is 2.62 bits per heavy atom. The fourth-order valence-electron chi connectivity index (χ4n) is 3.26. The zero-order chi connectivity index (χ0) is 19.2. The van der Waals surface area contributed by atoms with Crippen LogP contribution in [0.15, 0.2) is 34.2 Å². The molecule has 1 aromatic carbocycles. The van der Waals surface area contributed by atoms with Gasteiger partial charge in [0.15, 0.2) is 15.8 Å². The average Bonchev–Trinajstić information content (AvgIpc) is 2.58. The Hall–Kier alpha value is -2.09. The van der Waals surface area contributed by atoms with Gasteiger partial charge in [-0.05, 0) is 42.9 Å². The molecule has 1 atom stereocenters. The number of nitrogens with one attached hydrogen (secondary N) is 1. The summed E-state index contributed by atoms with van der Waals surface area (Å²) in [5, 5.41) is 3.35. The third kappa shape index (κ3) is 6.01. The smallest absolute Gasteiger partial charge is 0.217 e. The molecular formula is C18H28N4O3S. The molecule has 8 heteroatoms. The summed E-state index contributed by atoms with van der Waals surface area (Å²) >= 11 is 0. The zero-order valence-electron chi connectivity index (χ0n) is 15.4. The maximum atomic E-state index is 11.5. The van der Waals surface area contributed by atoms with Gasteiger partial charge in [0.1, 0.15) is 0 Å². The molecule has 1 fully saturated rings. The molecule has 3 N–H and O–H groups in total. The third-order valence-electron chi connectivity index (χ3n) is 4.57. The van der Waals surface area contributed by atoms with Crippen LogP contribution in [-0.4, -0.2) is 58.1 Å². The summed E-state index contributed by atoms with van der Waals surface area (Å²) in [7, 11) is -1.41. The van der Waals surface area contributed by atoms with Crippen molar-refractivity contribution in [3.8, 4) is 0 Å². The van der Waals surface area contributed by atoms with E-state index in [1.54, 1.807) is 19.2 Å². The number of piperidine rings is 1. The van der Waals surface area contributed by atoms with E-state index in [1.165, 1.54) is 6.26 Å². The van der Waals surface area contributed by atoms with Crippen LogP contribution in [0.25, 0.3) is 0 Å². The van der Waals surface area contributed by atoms with E-state index in [0.717, 1.165) is 43.9 Å². The standard InChI is InChI=1S/C18H28N4O3S/c1-20-18(22-11-3-4-15(13-22)12-17(19)23)21-10-9-14-5-7-16(8-6-14)26(2,24)25/h5-8,15H,3-4,9-13H2,1-2H3,(H2,19,23)(H,20,21). The van der Waals surface area contributed by atoms with Crippen LogP contribution in [0.5, 0.6) is 0 Å². The van der Waals surface area contributed by atoms with Gasteiger partial charge in [-0.25, -0.2) is 8.42 Å². The number of amides is 1. The summed E-state index contributed by atoms with van der Waals surface area (Å²) in [5.41, 5.74) is 6.38. The van der Waals surface area contributed by atoms with Gasteiger partial charge in [0, 0.05) is 39.4 Å². The van der Waals surface area contributed by atoms with Crippen molar-refractivity contribution in [3.63, 3.8) is 0 Å². The lowest BCUT2D eigenvalue weighted by molar-refractivity contribution is -0.119. The van der Waals surface area contributed by atoms with E-state index in [4.69, 9.17) is 5.73 Å². The number of nitrogens with two attached hydrogens (primary N) is 1. The molecule has 1 unspecified atom stereocenters. The summed E-state index contributed by atoms with van der Waals surface area (Å²) < 4.78 is 23.0. The number of benzene rings is 1. The molecule has 1 aromatic rings. The number of carbonyl (C=O) groups is 1. The molecule has 1 amide bonds. The molecule has 26 heavy (non-hydrogen) atoms. The number of hydrogen-bond acceptors (Lipinski definition) is 4. The van der Waals surface area contributed by atoms with Crippen LogP contribution < -0.4 is 11.1 Å². The second kappa shape index (κ2) is 9.02. The SMILES string of the molecule is CN=C(NCCc1ccc(S(C)(=O)=O)cc1)N1CCCC(CC(N)=O)C1. The van der Waals surface area contributed by atoms with Crippen molar-refractivity contribution in [2.45, 2.75) is 30.6 Å². The number of guanidine groups is 1. The Bertz CT molecular complexity index is 744. The maximum absolute atomic E-state index is 11.5. The Balaban J connectivity index is 1.86. The third-order valence-corrected chi connectivity index (χ3v) is 5.70. The van der Waals surface area contributed by atoms with Crippen LogP contribution in [0.3, 0.4) is 0 Å².